The zero-order chi connectivity index (χ0) is 16.1. The summed E-state index contributed by atoms with van der Waals surface area (Å²) in [7, 11) is 0. The first-order valence-corrected chi connectivity index (χ1v) is 8.15. The number of aromatic nitrogens is 2. The van der Waals surface area contributed by atoms with Gasteiger partial charge in [-0.25, -0.2) is 9.78 Å². The van der Waals surface area contributed by atoms with E-state index in [4.69, 9.17) is 0 Å². The van der Waals surface area contributed by atoms with Gasteiger partial charge in [0, 0.05) is 13.1 Å². The minimum atomic E-state index is -0.469. The number of nitrogens with one attached hydrogen (secondary N) is 2. The van der Waals surface area contributed by atoms with Gasteiger partial charge >= 0.3 is 6.03 Å². The van der Waals surface area contributed by atoms with Crippen LogP contribution in [0.25, 0.3) is 11.0 Å². The van der Waals surface area contributed by atoms with Crippen molar-refractivity contribution in [2.24, 2.45) is 0 Å². The number of fused-ring (bicyclic) bond motifs is 1. The fraction of sp³-hybridized carbons (Fsp3) is 0.400. The van der Waals surface area contributed by atoms with Crippen molar-refractivity contribution >= 4 is 34.7 Å². The lowest BCUT2D eigenvalue weighted by Gasteiger charge is -2.12. The monoisotopic (exact) mass is 320 g/mol. The van der Waals surface area contributed by atoms with Gasteiger partial charge in [0.05, 0.1) is 16.3 Å². The third kappa shape index (κ3) is 3.59. The second-order valence-corrected chi connectivity index (χ2v) is 6.04. The summed E-state index contributed by atoms with van der Waals surface area (Å²) in [6, 6.07) is 7.40. The molecule has 1 aromatic heterocycles. The molecule has 0 fully saturated rings. The Morgan fingerprint density at radius 2 is 2.05 bits per heavy atom. The summed E-state index contributed by atoms with van der Waals surface area (Å²) in [6.45, 7) is 6.85. The number of para-hydroxylation sites is 2. The molecule has 0 saturated heterocycles. The molecule has 1 heterocycles. The van der Waals surface area contributed by atoms with E-state index in [1.807, 2.05) is 31.2 Å². The summed E-state index contributed by atoms with van der Waals surface area (Å²) in [6.07, 6.45) is 0. The highest BCUT2D eigenvalue weighted by molar-refractivity contribution is 8.00. The number of hydrogen-bond donors (Lipinski definition) is 2. The van der Waals surface area contributed by atoms with Crippen molar-refractivity contribution in [3.8, 4) is 0 Å². The van der Waals surface area contributed by atoms with Crippen LogP contribution in [-0.4, -0.2) is 33.3 Å². The number of imide groups is 1. The Kier molecular flexibility index (Phi) is 5.43. The number of aryl methyl sites for hydroxylation is 1. The Hall–Kier alpha value is -2.02. The number of rotatable bonds is 5. The van der Waals surface area contributed by atoms with Gasteiger partial charge in [0.25, 0.3) is 0 Å². The van der Waals surface area contributed by atoms with Gasteiger partial charge in [-0.2, -0.15) is 0 Å². The molecular formula is C15H20N4O2S. The van der Waals surface area contributed by atoms with E-state index in [1.165, 1.54) is 11.8 Å². The number of carbonyl (C=O) groups excluding carboxylic acids is 2. The van der Waals surface area contributed by atoms with Crippen molar-refractivity contribution in [1.29, 1.82) is 0 Å². The normalized spacial score (nSPS) is 12.1. The third-order valence-electron chi connectivity index (χ3n) is 3.16. The second kappa shape index (κ2) is 7.31. The van der Waals surface area contributed by atoms with E-state index in [0.29, 0.717) is 6.54 Å². The largest absolute Gasteiger partial charge is 0.338 e. The fourth-order valence-corrected chi connectivity index (χ4v) is 3.07. The molecule has 0 radical (unpaired) electrons. The molecule has 7 heteroatoms. The van der Waals surface area contributed by atoms with Gasteiger partial charge in [-0.15, -0.1) is 0 Å². The molecule has 0 aliphatic heterocycles. The van der Waals surface area contributed by atoms with Gasteiger partial charge in [-0.3, -0.25) is 10.1 Å². The Morgan fingerprint density at radius 3 is 2.73 bits per heavy atom. The molecule has 0 aliphatic carbocycles. The minimum absolute atomic E-state index is 0.328. The van der Waals surface area contributed by atoms with Crippen molar-refractivity contribution in [2.45, 2.75) is 37.7 Å². The molecule has 0 spiro atoms. The van der Waals surface area contributed by atoms with E-state index in [1.54, 1.807) is 13.8 Å². The molecular weight excluding hydrogens is 300 g/mol. The van der Waals surface area contributed by atoms with E-state index in [-0.39, 0.29) is 5.91 Å². The Bertz CT molecular complexity index is 683. The number of carbonyl (C=O) groups is 2. The second-order valence-electron chi connectivity index (χ2n) is 4.74. The molecule has 3 amide bonds. The average molecular weight is 320 g/mol. The Balaban J connectivity index is 2.13. The van der Waals surface area contributed by atoms with Gasteiger partial charge < -0.3 is 9.88 Å². The zero-order valence-electron chi connectivity index (χ0n) is 12.9. The first-order valence-electron chi connectivity index (χ1n) is 7.27. The maximum absolute atomic E-state index is 12.0. The van der Waals surface area contributed by atoms with Crippen LogP contribution >= 0.6 is 11.8 Å². The van der Waals surface area contributed by atoms with E-state index in [9.17, 15) is 9.59 Å². The summed E-state index contributed by atoms with van der Waals surface area (Å²) in [4.78, 5) is 28.0. The number of hydrogen-bond acceptors (Lipinski definition) is 4. The van der Waals surface area contributed by atoms with Gasteiger partial charge in [0.1, 0.15) is 0 Å². The molecule has 1 unspecified atom stereocenters. The van der Waals surface area contributed by atoms with Crippen molar-refractivity contribution in [2.75, 3.05) is 6.54 Å². The molecule has 0 bridgehead atoms. The SMILES string of the molecule is CCNC(=O)NC(=O)C(C)Sc1nc2ccccc2n1CC. The lowest BCUT2D eigenvalue weighted by molar-refractivity contribution is -0.119. The maximum atomic E-state index is 12.0. The van der Waals surface area contributed by atoms with Crippen LogP contribution in [0.1, 0.15) is 20.8 Å². The molecule has 2 aromatic rings. The molecule has 1 aromatic carbocycles. The number of amides is 3. The van der Waals surface area contributed by atoms with E-state index in [2.05, 4.69) is 20.2 Å². The van der Waals surface area contributed by atoms with Crippen LogP contribution in [0.15, 0.2) is 29.4 Å². The maximum Gasteiger partial charge on any atom is 0.321 e. The predicted octanol–water partition coefficient (Wildman–Crippen LogP) is 2.38. The van der Waals surface area contributed by atoms with Crippen molar-refractivity contribution in [1.82, 2.24) is 20.2 Å². The first kappa shape index (κ1) is 16.4. The summed E-state index contributed by atoms with van der Waals surface area (Å²) >= 11 is 1.35. The van der Waals surface area contributed by atoms with E-state index in [0.717, 1.165) is 22.7 Å². The lowest BCUT2D eigenvalue weighted by atomic mass is 10.3. The van der Waals surface area contributed by atoms with Crippen LogP contribution in [0.4, 0.5) is 4.79 Å². The highest BCUT2D eigenvalue weighted by Gasteiger charge is 2.20. The minimum Gasteiger partial charge on any atom is -0.338 e. The van der Waals surface area contributed by atoms with Crippen molar-refractivity contribution in [3.05, 3.63) is 24.3 Å². The predicted molar refractivity (Wildman–Crippen MR) is 87.9 cm³/mol. The quantitative estimate of drug-likeness (QED) is 0.829. The topological polar surface area (TPSA) is 76.0 Å². The Morgan fingerprint density at radius 1 is 1.32 bits per heavy atom. The van der Waals surface area contributed by atoms with E-state index >= 15 is 0 Å². The van der Waals surface area contributed by atoms with Crippen LogP contribution < -0.4 is 10.6 Å². The van der Waals surface area contributed by atoms with Crippen LogP contribution in [0.3, 0.4) is 0 Å². The van der Waals surface area contributed by atoms with Gasteiger partial charge in [-0.1, -0.05) is 23.9 Å². The molecule has 0 aliphatic rings. The highest BCUT2D eigenvalue weighted by Crippen LogP contribution is 2.27. The van der Waals surface area contributed by atoms with Crippen LogP contribution in [0.5, 0.6) is 0 Å². The molecule has 6 nitrogen and oxygen atoms in total. The first-order chi connectivity index (χ1) is 10.6. The average Bonchev–Trinajstić information content (AvgIpc) is 2.84. The molecule has 2 rings (SSSR count). The van der Waals surface area contributed by atoms with Gasteiger partial charge in [-0.05, 0) is 32.9 Å². The summed E-state index contributed by atoms with van der Waals surface area (Å²) < 4.78 is 2.07. The van der Waals surface area contributed by atoms with Crippen LogP contribution in [0.2, 0.25) is 0 Å². The number of imidazole rings is 1. The number of urea groups is 1. The standard InChI is InChI=1S/C15H20N4O2S/c1-4-16-14(21)18-13(20)10(3)22-15-17-11-8-6-7-9-12(11)19(15)5-2/h6-10H,4-5H2,1-3H3,(H2,16,18,20,21). The van der Waals surface area contributed by atoms with Gasteiger partial charge in [0.2, 0.25) is 5.91 Å². The molecule has 2 N–H and O–H groups in total. The number of benzene rings is 1. The number of thioether (sulfide) groups is 1. The summed E-state index contributed by atoms with van der Waals surface area (Å²) in [5, 5.41) is 5.23. The van der Waals surface area contributed by atoms with Crippen molar-refractivity contribution < 1.29 is 9.59 Å². The summed E-state index contributed by atoms with van der Waals surface area (Å²) in [5.74, 6) is -0.328. The Labute approximate surface area is 133 Å². The smallest absolute Gasteiger partial charge is 0.321 e. The third-order valence-corrected chi connectivity index (χ3v) is 4.25. The zero-order valence-corrected chi connectivity index (χ0v) is 13.7. The molecule has 0 saturated carbocycles. The molecule has 118 valence electrons. The fourth-order valence-electron chi connectivity index (χ4n) is 2.08. The molecule has 22 heavy (non-hydrogen) atoms. The van der Waals surface area contributed by atoms with Gasteiger partial charge in [0.15, 0.2) is 5.16 Å². The van der Waals surface area contributed by atoms with Crippen LogP contribution in [0, 0.1) is 0 Å². The summed E-state index contributed by atoms with van der Waals surface area (Å²) in [5.41, 5.74) is 1.95. The lowest BCUT2D eigenvalue weighted by Crippen LogP contribution is -2.42. The van der Waals surface area contributed by atoms with Crippen molar-refractivity contribution in [3.63, 3.8) is 0 Å². The van der Waals surface area contributed by atoms with E-state index < -0.39 is 11.3 Å². The number of nitrogens with zero attached hydrogens (tertiary/aromatic N) is 2. The van der Waals surface area contributed by atoms with Crippen LogP contribution in [-0.2, 0) is 11.3 Å². The highest BCUT2D eigenvalue weighted by atomic mass is 32.2. The molecule has 1 atom stereocenters.